The van der Waals surface area contributed by atoms with Gasteiger partial charge in [-0.05, 0) is 104 Å². The monoisotopic (exact) mass is 364 g/mol. The highest BCUT2D eigenvalue weighted by Gasteiger charge is 2.38. The van der Waals surface area contributed by atoms with Crippen LogP contribution in [0.2, 0.25) is 0 Å². The zero-order valence-electron chi connectivity index (χ0n) is 15.8. The van der Waals surface area contributed by atoms with Crippen molar-refractivity contribution in [1.29, 1.82) is 0 Å². The summed E-state index contributed by atoms with van der Waals surface area (Å²) < 4.78 is 38.8. The summed E-state index contributed by atoms with van der Waals surface area (Å²) in [7, 11) is 0. The van der Waals surface area contributed by atoms with Crippen LogP contribution in [0.25, 0.3) is 0 Å². The molecule has 1 aromatic carbocycles. The number of hydrogen-bond acceptors (Lipinski definition) is 0. The molecule has 3 aliphatic rings. The van der Waals surface area contributed by atoms with E-state index in [9.17, 15) is 13.2 Å². The van der Waals surface area contributed by atoms with Gasteiger partial charge in [0.2, 0.25) is 0 Å². The van der Waals surface area contributed by atoms with Crippen LogP contribution in [0.15, 0.2) is 18.2 Å². The van der Waals surface area contributed by atoms with Crippen LogP contribution in [0.5, 0.6) is 0 Å². The predicted octanol–water partition coefficient (Wildman–Crippen LogP) is 7.05. The molecule has 0 saturated heterocycles. The lowest BCUT2D eigenvalue weighted by Gasteiger charge is -2.45. The smallest absolute Gasteiger partial charge is 0.166 e. The second kappa shape index (κ2) is 7.20. The van der Waals surface area contributed by atoms with Crippen LogP contribution in [-0.2, 0) is 19.0 Å². The van der Waals surface area contributed by atoms with Crippen molar-refractivity contribution in [3.05, 3.63) is 34.9 Å². The van der Waals surface area contributed by atoms with Crippen LogP contribution in [-0.4, -0.2) is 0 Å². The Morgan fingerprint density at radius 3 is 2.27 bits per heavy atom. The van der Waals surface area contributed by atoms with E-state index in [2.05, 4.69) is 6.92 Å². The van der Waals surface area contributed by atoms with Crippen LogP contribution in [0.4, 0.5) is 13.2 Å². The SMILES string of the molecule is CCC1CCC2CC(C3CCc4cc(C(F)(F)F)ccc4C3)CCC2C1. The van der Waals surface area contributed by atoms with E-state index in [1.165, 1.54) is 62.6 Å². The molecule has 0 aliphatic heterocycles. The van der Waals surface area contributed by atoms with Gasteiger partial charge < -0.3 is 0 Å². The van der Waals surface area contributed by atoms with Gasteiger partial charge in [-0.15, -0.1) is 0 Å². The van der Waals surface area contributed by atoms with Crippen molar-refractivity contribution < 1.29 is 13.2 Å². The van der Waals surface area contributed by atoms with Gasteiger partial charge in [0.25, 0.3) is 0 Å². The van der Waals surface area contributed by atoms with Crippen molar-refractivity contribution in [2.24, 2.45) is 29.6 Å². The summed E-state index contributed by atoms with van der Waals surface area (Å²) >= 11 is 0. The van der Waals surface area contributed by atoms with Gasteiger partial charge in [-0.25, -0.2) is 0 Å². The largest absolute Gasteiger partial charge is 0.416 e. The molecule has 5 atom stereocenters. The molecule has 4 rings (SSSR count). The third-order valence-electron chi connectivity index (χ3n) is 7.81. The number of rotatable bonds is 2. The summed E-state index contributed by atoms with van der Waals surface area (Å²) in [5, 5.41) is 0. The van der Waals surface area contributed by atoms with Gasteiger partial charge in [-0.1, -0.05) is 25.8 Å². The normalized spacial score (nSPS) is 34.8. The first-order valence-corrected chi connectivity index (χ1v) is 10.6. The Bertz CT molecular complexity index is 633. The summed E-state index contributed by atoms with van der Waals surface area (Å²) in [5.74, 6) is 4.31. The first kappa shape index (κ1) is 18.4. The average Bonchev–Trinajstić information content (AvgIpc) is 2.65. The van der Waals surface area contributed by atoms with Gasteiger partial charge in [-0.3, -0.25) is 0 Å². The van der Waals surface area contributed by atoms with Gasteiger partial charge in [0, 0.05) is 0 Å². The van der Waals surface area contributed by atoms with E-state index < -0.39 is 11.7 Å². The van der Waals surface area contributed by atoms with Crippen LogP contribution in [0, 0.1) is 29.6 Å². The lowest BCUT2D eigenvalue weighted by molar-refractivity contribution is -0.137. The Morgan fingerprint density at radius 2 is 1.54 bits per heavy atom. The second-order valence-electron chi connectivity index (χ2n) is 9.16. The summed E-state index contributed by atoms with van der Waals surface area (Å²) in [5.41, 5.74) is 1.63. The molecule has 0 heterocycles. The number of aryl methyl sites for hydroxylation is 1. The van der Waals surface area contributed by atoms with Crippen molar-refractivity contribution in [2.45, 2.75) is 77.3 Å². The van der Waals surface area contributed by atoms with Gasteiger partial charge in [0.1, 0.15) is 0 Å². The molecule has 3 aliphatic carbocycles. The number of hydrogen-bond donors (Lipinski definition) is 0. The van der Waals surface area contributed by atoms with E-state index in [0.29, 0.717) is 5.92 Å². The molecule has 26 heavy (non-hydrogen) atoms. The standard InChI is InChI=1S/C23H31F3/c1-2-15-3-4-17-12-18(6-5-16(17)11-15)19-7-8-21-14-22(23(24,25)26)10-9-20(21)13-19/h9-10,14-19H,2-8,11-13H2,1H3. The van der Waals surface area contributed by atoms with E-state index in [1.807, 2.05) is 0 Å². The van der Waals surface area contributed by atoms with E-state index in [1.54, 1.807) is 6.07 Å². The fraction of sp³-hybridized carbons (Fsp3) is 0.739. The third-order valence-corrected chi connectivity index (χ3v) is 7.81. The van der Waals surface area contributed by atoms with E-state index in [-0.39, 0.29) is 0 Å². The Hall–Kier alpha value is -0.990. The lowest BCUT2D eigenvalue weighted by Crippen LogP contribution is -2.35. The highest BCUT2D eigenvalue weighted by Crippen LogP contribution is 2.49. The number of halogens is 3. The Balaban J connectivity index is 1.40. The van der Waals surface area contributed by atoms with E-state index in [0.717, 1.165) is 48.5 Å². The van der Waals surface area contributed by atoms with Gasteiger partial charge in [0.05, 0.1) is 5.56 Å². The minimum Gasteiger partial charge on any atom is -0.166 e. The van der Waals surface area contributed by atoms with Gasteiger partial charge in [-0.2, -0.15) is 13.2 Å². The molecule has 2 saturated carbocycles. The first-order chi connectivity index (χ1) is 12.4. The molecule has 0 aromatic heterocycles. The van der Waals surface area contributed by atoms with E-state index >= 15 is 0 Å². The van der Waals surface area contributed by atoms with Crippen LogP contribution in [0.3, 0.4) is 0 Å². The highest BCUT2D eigenvalue weighted by molar-refractivity contribution is 5.35. The summed E-state index contributed by atoms with van der Waals surface area (Å²) in [6.07, 6.45) is 8.40. The number of alkyl halides is 3. The van der Waals surface area contributed by atoms with Gasteiger partial charge in [0.15, 0.2) is 0 Å². The fourth-order valence-corrected chi connectivity index (χ4v) is 6.18. The second-order valence-corrected chi connectivity index (χ2v) is 9.16. The maximum absolute atomic E-state index is 12.9. The molecule has 5 unspecified atom stereocenters. The molecule has 0 amide bonds. The predicted molar refractivity (Wildman–Crippen MR) is 98.9 cm³/mol. The molecule has 0 spiro atoms. The molecule has 1 aromatic rings. The number of benzene rings is 1. The van der Waals surface area contributed by atoms with Crippen molar-refractivity contribution in [3.8, 4) is 0 Å². The zero-order chi connectivity index (χ0) is 18.3. The molecular weight excluding hydrogens is 333 g/mol. The lowest BCUT2D eigenvalue weighted by atomic mass is 9.61. The minimum atomic E-state index is -4.22. The molecule has 0 bridgehead atoms. The van der Waals surface area contributed by atoms with E-state index in [4.69, 9.17) is 0 Å². The summed E-state index contributed by atoms with van der Waals surface area (Å²) in [4.78, 5) is 0. The van der Waals surface area contributed by atoms with Crippen molar-refractivity contribution in [3.63, 3.8) is 0 Å². The quantitative estimate of drug-likeness (QED) is 0.527. The molecule has 0 N–H and O–H groups in total. The molecular formula is C23H31F3. The fourth-order valence-electron chi connectivity index (χ4n) is 6.18. The van der Waals surface area contributed by atoms with Crippen LogP contribution >= 0.6 is 0 Å². The minimum absolute atomic E-state index is 0.483. The van der Waals surface area contributed by atoms with Crippen molar-refractivity contribution in [1.82, 2.24) is 0 Å². The van der Waals surface area contributed by atoms with Crippen molar-refractivity contribution >= 4 is 0 Å². The average molecular weight is 364 g/mol. The molecule has 0 radical (unpaired) electrons. The maximum Gasteiger partial charge on any atom is 0.416 e. The third kappa shape index (κ3) is 3.68. The maximum atomic E-state index is 12.9. The molecule has 0 nitrogen and oxygen atoms in total. The molecule has 144 valence electrons. The summed E-state index contributed by atoms with van der Waals surface area (Å²) in [6.45, 7) is 2.33. The Kier molecular flexibility index (Phi) is 5.09. The first-order valence-electron chi connectivity index (χ1n) is 10.6. The summed E-state index contributed by atoms with van der Waals surface area (Å²) in [6, 6.07) is 4.43. The highest BCUT2D eigenvalue weighted by atomic mass is 19.4. The molecule has 3 heteroatoms. The van der Waals surface area contributed by atoms with Crippen LogP contribution in [0.1, 0.15) is 75.0 Å². The Morgan fingerprint density at radius 1 is 0.846 bits per heavy atom. The van der Waals surface area contributed by atoms with Crippen LogP contribution < -0.4 is 0 Å². The number of fused-ring (bicyclic) bond motifs is 2. The van der Waals surface area contributed by atoms with Gasteiger partial charge >= 0.3 is 6.18 Å². The zero-order valence-corrected chi connectivity index (χ0v) is 15.8. The van der Waals surface area contributed by atoms with Crippen molar-refractivity contribution in [2.75, 3.05) is 0 Å². The Labute approximate surface area is 155 Å². The molecule has 2 fully saturated rings. The topological polar surface area (TPSA) is 0 Å².